The molecule has 1 saturated heterocycles. The van der Waals surface area contributed by atoms with Crippen molar-refractivity contribution in [2.24, 2.45) is 5.14 Å². The number of hydrogen-bond donors (Lipinski definition) is 5. The summed E-state index contributed by atoms with van der Waals surface area (Å²) in [5.41, 5.74) is -1.03. The largest absolute Gasteiger partial charge is 0.416 e. The smallest absolute Gasteiger partial charge is 0.348 e. The number of sulfonamides is 1. The molecule has 2 aromatic rings. The molecule has 3 amide bonds. The molecule has 1 heterocycles. The monoisotopic (exact) mass is 527 g/mol. The molecule has 6 N–H and O–H groups in total. The zero-order chi connectivity index (χ0) is 26.5. The van der Waals surface area contributed by atoms with E-state index in [1.807, 2.05) is 0 Å². The zero-order valence-electron chi connectivity index (χ0n) is 18.8. The van der Waals surface area contributed by atoms with E-state index in [1.165, 1.54) is 30.3 Å². The number of halogens is 3. The van der Waals surface area contributed by atoms with Gasteiger partial charge in [0.05, 0.1) is 29.1 Å². The minimum Gasteiger partial charge on any atom is -0.348 e. The lowest BCUT2D eigenvalue weighted by Crippen LogP contribution is -2.60. The van der Waals surface area contributed by atoms with E-state index in [2.05, 4.69) is 21.3 Å². The van der Waals surface area contributed by atoms with Gasteiger partial charge in [0, 0.05) is 17.7 Å². The van der Waals surface area contributed by atoms with Gasteiger partial charge < -0.3 is 21.3 Å². The highest BCUT2D eigenvalue weighted by Gasteiger charge is 2.31. The molecule has 14 heteroatoms. The van der Waals surface area contributed by atoms with Crippen molar-refractivity contribution in [3.63, 3.8) is 0 Å². The lowest BCUT2D eigenvalue weighted by Gasteiger charge is -2.33. The van der Waals surface area contributed by atoms with E-state index in [4.69, 9.17) is 5.14 Å². The van der Waals surface area contributed by atoms with Gasteiger partial charge >= 0.3 is 6.18 Å². The molecule has 1 aliphatic rings. The second-order valence-electron chi connectivity index (χ2n) is 8.08. The molecule has 1 fully saturated rings. The molecule has 2 atom stereocenters. The maximum Gasteiger partial charge on any atom is 0.416 e. The van der Waals surface area contributed by atoms with Crippen molar-refractivity contribution in [1.82, 2.24) is 21.3 Å². The highest BCUT2D eigenvalue weighted by atomic mass is 32.2. The zero-order valence-corrected chi connectivity index (χ0v) is 19.6. The van der Waals surface area contributed by atoms with Gasteiger partial charge in [0.25, 0.3) is 11.8 Å². The topological polar surface area (TPSA) is 159 Å². The molecule has 2 aromatic carbocycles. The van der Waals surface area contributed by atoms with Gasteiger partial charge in [0.1, 0.15) is 0 Å². The quantitative estimate of drug-likeness (QED) is 0.350. The van der Waals surface area contributed by atoms with Crippen molar-refractivity contribution >= 4 is 27.7 Å². The van der Waals surface area contributed by atoms with Gasteiger partial charge in [-0.1, -0.05) is 6.07 Å². The van der Waals surface area contributed by atoms with Crippen molar-refractivity contribution in [2.75, 3.05) is 19.6 Å². The van der Waals surface area contributed by atoms with E-state index in [0.29, 0.717) is 25.6 Å². The van der Waals surface area contributed by atoms with Gasteiger partial charge in [0.2, 0.25) is 15.9 Å². The van der Waals surface area contributed by atoms with Crippen LogP contribution in [0.4, 0.5) is 13.2 Å². The number of carbonyl (C=O) groups is 3. The molecule has 0 radical (unpaired) electrons. The first-order valence-electron chi connectivity index (χ1n) is 10.7. The Balaban J connectivity index is 1.56. The molecule has 0 aliphatic carbocycles. The summed E-state index contributed by atoms with van der Waals surface area (Å²) in [5.74, 6) is -1.92. The highest BCUT2D eigenvalue weighted by molar-refractivity contribution is 7.89. The van der Waals surface area contributed by atoms with Crippen LogP contribution in [0.25, 0.3) is 0 Å². The number of carbonyl (C=O) groups excluding carboxylic acids is 3. The van der Waals surface area contributed by atoms with Crippen molar-refractivity contribution in [3.05, 3.63) is 65.2 Å². The molecule has 0 spiro atoms. The predicted octanol–water partition coefficient (Wildman–Crippen LogP) is 0.359. The van der Waals surface area contributed by atoms with Crippen LogP contribution in [0.3, 0.4) is 0 Å². The Labute approximate surface area is 204 Å². The Morgan fingerprint density at radius 3 is 2.31 bits per heavy atom. The fourth-order valence-corrected chi connectivity index (χ4v) is 4.10. The molecule has 2 unspecified atom stereocenters. The van der Waals surface area contributed by atoms with Crippen molar-refractivity contribution in [2.45, 2.75) is 29.6 Å². The lowest BCUT2D eigenvalue weighted by atomic mass is 10.00. The fourth-order valence-electron chi connectivity index (χ4n) is 3.59. The summed E-state index contributed by atoms with van der Waals surface area (Å²) < 4.78 is 61.3. The van der Waals surface area contributed by atoms with Crippen LogP contribution in [-0.2, 0) is 21.0 Å². The molecule has 0 saturated carbocycles. The summed E-state index contributed by atoms with van der Waals surface area (Å²) in [6.45, 7) is 0.401. The normalized spacial score (nSPS) is 18.2. The van der Waals surface area contributed by atoms with E-state index >= 15 is 0 Å². The van der Waals surface area contributed by atoms with Crippen LogP contribution in [0.15, 0.2) is 53.4 Å². The number of rotatable bonds is 7. The fraction of sp³-hybridized carbons (Fsp3) is 0.318. The number of alkyl halides is 3. The molecule has 0 aromatic heterocycles. The summed E-state index contributed by atoms with van der Waals surface area (Å²) in [4.78, 5) is 37.1. The van der Waals surface area contributed by atoms with Crippen molar-refractivity contribution < 1.29 is 36.0 Å². The molecular formula is C22H24F3N5O5S. The Hall–Kier alpha value is -3.49. The van der Waals surface area contributed by atoms with Crippen molar-refractivity contribution in [1.29, 1.82) is 0 Å². The Morgan fingerprint density at radius 1 is 0.972 bits per heavy atom. The minimum absolute atomic E-state index is 0.141. The maximum absolute atomic E-state index is 12.8. The van der Waals surface area contributed by atoms with E-state index < -0.39 is 58.1 Å². The molecule has 36 heavy (non-hydrogen) atoms. The average Bonchev–Trinajstić information content (AvgIpc) is 2.83. The van der Waals surface area contributed by atoms with Crippen LogP contribution in [0, 0.1) is 0 Å². The summed E-state index contributed by atoms with van der Waals surface area (Å²) in [6, 6.07) is 7.86. The predicted molar refractivity (Wildman–Crippen MR) is 122 cm³/mol. The Bertz CT molecular complexity index is 1240. The second-order valence-corrected chi connectivity index (χ2v) is 9.64. The van der Waals surface area contributed by atoms with Crippen LogP contribution in [0.5, 0.6) is 0 Å². The summed E-state index contributed by atoms with van der Waals surface area (Å²) in [5, 5.41) is 15.9. The highest BCUT2D eigenvalue weighted by Crippen LogP contribution is 2.29. The van der Waals surface area contributed by atoms with E-state index in [-0.39, 0.29) is 16.0 Å². The molecule has 194 valence electrons. The number of amides is 3. The standard InChI is InChI=1S/C22H24F3N5O5S/c23-22(24,25)15-3-1-2-14(10-15)20(32)28-12-19(31)29-18-11-27-9-8-17(18)30-21(33)13-4-6-16(7-5-13)36(26,34)35/h1-7,10,17-18,27H,8-9,11-12H2,(H,28,32)(H,29,31)(H,30,33)(H2,26,34,35). The third kappa shape index (κ3) is 7.26. The van der Waals surface area contributed by atoms with Crippen LogP contribution in [-0.4, -0.2) is 57.9 Å². The van der Waals surface area contributed by atoms with Crippen LogP contribution < -0.4 is 26.4 Å². The summed E-state index contributed by atoms with van der Waals surface area (Å²) >= 11 is 0. The van der Waals surface area contributed by atoms with Gasteiger partial charge in [-0.2, -0.15) is 13.2 Å². The number of piperidine rings is 1. The summed E-state index contributed by atoms with van der Waals surface area (Å²) in [6.07, 6.45) is -4.13. The maximum atomic E-state index is 12.8. The SMILES string of the molecule is NS(=O)(=O)c1ccc(C(=O)NC2CCNCC2NC(=O)CNC(=O)c2cccc(C(F)(F)F)c2)cc1. The number of nitrogens with one attached hydrogen (secondary N) is 4. The van der Waals surface area contributed by atoms with Crippen LogP contribution in [0.1, 0.15) is 32.7 Å². The van der Waals surface area contributed by atoms with E-state index in [1.54, 1.807) is 0 Å². The van der Waals surface area contributed by atoms with Gasteiger partial charge in [0.15, 0.2) is 0 Å². The Kier molecular flexibility index (Phi) is 8.32. The van der Waals surface area contributed by atoms with Gasteiger partial charge in [-0.05, 0) is 55.4 Å². The molecular weight excluding hydrogens is 503 g/mol. The number of nitrogens with two attached hydrogens (primary N) is 1. The number of primary sulfonamides is 1. The first kappa shape index (κ1) is 27.1. The first-order valence-corrected chi connectivity index (χ1v) is 12.3. The summed E-state index contributed by atoms with van der Waals surface area (Å²) in [7, 11) is -3.90. The van der Waals surface area contributed by atoms with Gasteiger partial charge in [-0.3, -0.25) is 14.4 Å². The lowest BCUT2D eigenvalue weighted by molar-refractivity contribution is -0.137. The third-order valence-electron chi connectivity index (χ3n) is 5.45. The average molecular weight is 528 g/mol. The number of benzene rings is 2. The second kappa shape index (κ2) is 11.1. The molecule has 1 aliphatic heterocycles. The Morgan fingerprint density at radius 2 is 1.67 bits per heavy atom. The van der Waals surface area contributed by atoms with E-state index in [0.717, 1.165) is 12.1 Å². The number of hydrogen-bond acceptors (Lipinski definition) is 6. The molecule has 3 rings (SSSR count). The van der Waals surface area contributed by atoms with Crippen molar-refractivity contribution in [3.8, 4) is 0 Å². The third-order valence-corrected chi connectivity index (χ3v) is 6.38. The molecule has 0 bridgehead atoms. The first-order chi connectivity index (χ1) is 16.8. The van der Waals surface area contributed by atoms with Gasteiger partial charge in [-0.25, -0.2) is 13.6 Å². The minimum atomic E-state index is -4.61. The van der Waals surface area contributed by atoms with Gasteiger partial charge in [-0.15, -0.1) is 0 Å². The van der Waals surface area contributed by atoms with Crippen LogP contribution >= 0.6 is 0 Å². The van der Waals surface area contributed by atoms with Crippen LogP contribution in [0.2, 0.25) is 0 Å². The van der Waals surface area contributed by atoms with E-state index in [9.17, 15) is 36.0 Å². The molecule has 10 nitrogen and oxygen atoms in total.